The number of rotatable bonds is 6. The van der Waals surface area contributed by atoms with E-state index in [2.05, 4.69) is 39.5 Å². The number of carbonyl (C=O) groups is 1. The van der Waals surface area contributed by atoms with Crippen LogP contribution in [0.5, 0.6) is 5.75 Å². The van der Waals surface area contributed by atoms with Gasteiger partial charge in [-0.2, -0.15) is 4.52 Å². The summed E-state index contributed by atoms with van der Waals surface area (Å²) in [6.07, 6.45) is 1.56. The molecule has 0 atom stereocenters. The Labute approximate surface area is 198 Å². The van der Waals surface area contributed by atoms with Crippen LogP contribution in [0.2, 0.25) is 0 Å². The Morgan fingerprint density at radius 2 is 1.88 bits per heavy atom. The number of benzene rings is 2. The van der Waals surface area contributed by atoms with Gasteiger partial charge in [0, 0.05) is 36.7 Å². The van der Waals surface area contributed by atoms with Crippen LogP contribution in [-0.4, -0.2) is 45.9 Å². The fourth-order valence-corrected chi connectivity index (χ4v) is 4.46. The van der Waals surface area contributed by atoms with E-state index in [1.165, 1.54) is 0 Å². The van der Waals surface area contributed by atoms with Crippen molar-refractivity contribution < 1.29 is 9.53 Å². The molecular formula is C26H28N6O2. The zero-order valence-electron chi connectivity index (χ0n) is 19.4. The largest absolute Gasteiger partial charge is 0.496 e. The fourth-order valence-electron chi connectivity index (χ4n) is 4.46. The summed E-state index contributed by atoms with van der Waals surface area (Å²) in [7, 11) is 1.64. The Balaban J connectivity index is 1.24. The van der Waals surface area contributed by atoms with E-state index in [4.69, 9.17) is 9.84 Å². The van der Waals surface area contributed by atoms with Crippen LogP contribution >= 0.6 is 0 Å². The van der Waals surface area contributed by atoms with E-state index < -0.39 is 0 Å². The first-order valence-corrected chi connectivity index (χ1v) is 11.6. The smallest absolute Gasteiger partial charge is 0.223 e. The molecule has 0 spiro atoms. The van der Waals surface area contributed by atoms with Crippen LogP contribution in [0.1, 0.15) is 24.0 Å². The second-order valence-electron chi connectivity index (χ2n) is 8.65. The molecule has 0 bridgehead atoms. The van der Waals surface area contributed by atoms with Crippen molar-refractivity contribution in [2.24, 2.45) is 5.92 Å². The van der Waals surface area contributed by atoms with E-state index >= 15 is 0 Å². The Kier molecular flexibility index (Phi) is 6.12. The number of methoxy groups -OCH3 is 1. The molecule has 0 radical (unpaired) electrons. The van der Waals surface area contributed by atoms with E-state index in [1.54, 1.807) is 11.6 Å². The quantitative estimate of drug-likeness (QED) is 0.477. The lowest BCUT2D eigenvalue weighted by Gasteiger charge is -2.32. The summed E-state index contributed by atoms with van der Waals surface area (Å²) in [5.41, 5.74) is 3.84. The van der Waals surface area contributed by atoms with Gasteiger partial charge in [-0.05, 0) is 44.0 Å². The molecule has 1 fully saturated rings. The Morgan fingerprint density at radius 1 is 1.06 bits per heavy atom. The topological polar surface area (TPSA) is 84.6 Å². The number of para-hydroxylation sites is 1. The second kappa shape index (κ2) is 9.51. The van der Waals surface area contributed by atoms with Crippen LogP contribution in [0.3, 0.4) is 0 Å². The number of anilines is 1. The zero-order valence-corrected chi connectivity index (χ0v) is 19.4. The lowest BCUT2D eigenvalue weighted by Crippen LogP contribution is -2.40. The number of aromatic nitrogens is 4. The first-order valence-electron chi connectivity index (χ1n) is 11.6. The minimum Gasteiger partial charge on any atom is -0.496 e. The van der Waals surface area contributed by atoms with E-state index in [0.717, 1.165) is 60.0 Å². The van der Waals surface area contributed by atoms with Gasteiger partial charge in [0.2, 0.25) is 5.91 Å². The molecule has 174 valence electrons. The number of nitrogens with zero attached hydrogens (tertiary/aromatic N) is 5. The number of piperidine rings is 1. The summed E-state index contributed by atoms with van der Waals surface area (Å²) >= 11 is 0. The number of ether oxygens (including phenoxy) is 1. The number of hydrogen-bond acceptors (Lipinski definition) is 6. The molecule has 1 aliphatic rings. The third-order valence-electron chi connectivity index (χ3n) is 6.36. The monoisotopic (exact) mass is 456 g/mol. The summed E-state index contributed by atoms with van der Waals surface area (Å²) < 4.78 is 7.18. The first-order chi connectivity index (χ1) is 16.6. The van der Waals surface area contributed by atoms with Crippen molar-refractivity contribution in [3.63, 3.8) is 0 Å². The minimum atomic E-state index is -0.00699. The normalized spacial score (nSPS) is 14.4. The van der Waals surface area contributed by atoms with Crippen LogP contribution in [0, 0.1) is 12.8 Å². The molecule has 4 aromatic rings. The van der Waals surface area contributed by atoms with Crippen molar-refractivity contribution in [2.45, 2.75) is 26.3 Å². The predicted molar refractivity (Wildman–Crippen MR) is 131 cm³/mol. The Bertz CT molecular complexity index is 1310. The highest BCUT2D eigenvalue weighted by molar-refractivity contribution is 5.79. The molecule has 8 nitrogen and oxygen atoms in total. The van der Waals surface area contributed by atoms with Gasteiger partial charge in [0.15, 0.2) is 11.5 Å². The Hall–Kier alpha value is -3.94. The molecule has 2 aromatic heterocycles. The minimum absolute atomic E-state index is 0.00699. The van der Waals surface area contributed by atoms with Gasteiger partial charge < -0.3 is 15.0 Å². The molecule has 0 aliphatic carbocycles. The number of aryl methyl sites for hydroxylation is 1. The summed E-state index contributed by atoms with van der Waals surface area (Å²) in [6, 6.07) is 19.9. The lowest BCUT2D eigenvalue weighted by atomic mass is 9.96. The van der Waals surface area contributed by atoms with Crippen LogP contribution < -0.4 is 15.0 Å². The van der Waals surface area contributed by atoms with Crippen molar-refractivity contribution in [1.29, 1.82) is 0 Å². The molecule has 1 N–H and O–H groups in total. The van der Waals surface area contributed by atoms with Gasteiger partial charge in [-0.25, -0.2) is 0 Å². The maximum Gasteiger partial charge on any atom is 0.223 e. The van der Waals surface area contributed by atoms with Gasteiger partial charge in [-0.1, -0.05) is 42.0 Å². The number of hydrogen-bond donors (Lipinski definition) is 1. The van der Waals surface area contributed by atoms with Crippen molar-refractivity contribution in [1.82, 2.24) is 25.1 Å². The number of nitrogens with one attached hydrogen (secondary N) is 1. The van der Waals surface area contributed by atoms with Gasteiger partial charge in [0.25, 0.3) is 0 Å². The summed E-state index contributed by atoms with van der Waals surface area (Å²) in [5.74, 6) is 2.47. The lowest BCUT2D eigenvalue weighted by molar-refractivity contribution is -0.125. The maximum atomic E-state index is 12.8. The van der Waals surface area contributed by atoms with Crippen molar-refractivity contribution in [3.05, 3.63) is 71.8 Å². The number of amides is 1. The van der Waals surface area contributed by atoms with E-state index in [9.17, 15) is 4.79 Å². The summed E-state index contributed by atoms with van der Waals surface area (Å²) in [5, 5.41) is 16.5. The molecule has 5 rings (SSSR count). The number of carbonyl (C=O) groups excluding carboxylic acids is 1. The molecule has 8 heteroatoms. The highest BCUT2D eigenvalue weighted by Gasteiger charge is 2.26. The average Bonchev–Trinajstić information content (AvgIpc) is 3.31. The molecular weight excluding hydrogens is 428 g/mol. The van der Waals surface area contributed by atoms with Gasteiger partial charge in [-0.3, -0.25) is 4.79 Å². The second-order valence-corrected chi connectivity index (χ2v) is 8.65. The fraction of sp³-hybridized carbons (Fsp3) is 0.308. The molecule has 1 amide bonds. The maximum absolute atomic E-state index is 12.8. The van der Waals surface area contributed by atoms with Crippen LogP contribution in [-0.2, 0) is 11.3 Å². The van der Waals surface area contributed by atoms with Crippen LogP contribution in [0.15, 0.2) is 60.7 Å². The molecule has 1 aliphatic heterocycles. The van der Waals surface area contributed by atoms with Gasteiger partial charge in [0.1, 0.15) is 11.6 Å². The van der Waals surface area contributed by atoms with E-state index in [1.807, 2.05) is 48.5 Å². The SMILES string of the molecule is COc1ccccc1CNC(=O)C1CCN(c2ccc3nnc(-c4cccc(C)c4)n3n2)CC1. The average molecular weight is 457 g/mol. The first kappa shape index (κ1) is 21.9. The molecule has 0 saturated carbocycles. The standard InChI is InChI=1S/C26H28N6O2/c1-18-6-5-8-20(16-18)25-29-28-23-10-11-24(30-32(23)25)31-14-12-19(13-15-31)26(33)27-17-21-7-3-4-9-22(21)34-2/h3-11,16,19H,12-15,17H2,1-2H3,(H,27,33). The van der Waals surface area contributed by atoms with Crippen LogP contribution in [0.25, 0.3) is 17.0 Å². The zero-order chi connectivity index (χ0) is 23.5. The summed E-state index contributed by atoms with van der Waals surface area (Å²) in [4.78, 5) is 15.0. The van der Waals surface area contributed by atoms with Crippen molar-refractivity contribution >= 4 is 17.4 Å². The molecule has 2 aromatic carbocycles. The van der Waals surface area contributed by atoms with Crippen LogP contribution in [0.4, 0.5) is 5.82 Å². The highest BCUT2D eigenvalue weighted by atomic mass is 16.5. The summed E-state index contributed by atoms with van der Waals surface area (Å²) in [6.45, 7) is 4.07. The molecule has 0 unspecified atom stereocenters. The van der Waals surface area contributed by atoms with Gasteiger partial charge >= 0.3 is 0 Å². The number of fused-ring (bicyclic) bond motifs is 1. The van der Waals surface area contributed by atoms with Gasteiger partial charge in [-0.15, -0.1) is 15.3 Å². The third kappa shape index (κ3) is 4.44. The molecule has 3 heterocycles. The third-order valence-corrected chi connectivity index (χ3v) is 6.36. The van der Waals surface area contributed by atoms with E-state index in [0.29, 0.717) is 12.2 Å². The highest BCUT2D eigenvalue weighted by Crippen LogP contribution is 2.25. The van der Waals surface area contributed by atoms with Crippen molar-refractivity contribution in [2.75, 3.05) is 25.1 Å². The van der Waals surface area contributed by atoms with Gasteiger partial charge in [0.05, 0.1) is 7.11 Å². The van der Waals surface area contributed by atoms with Crippen molar-refractivity contribution in [3.8, 4) is 17.1 Å². The molecule has 34 heavy (non-hydrogen) atoms. The van der Waals surface area contributed by atoms with E-state index in [-0.39, 0.29) is 11.8 Å². The molecule has 1 saturated heterocycles. The predicted octanol–water partition coefficient (Wildman–Crippen LogP) is 3.64. The Morgan fingerprint density at radius 3 is 2.68 bits per heavy atom.